The molecule has 0 aromatic heterocycles. The summed E-state index contributed by atoms with van der Waals surface area (Å²) in [6, 6.07) is 6.60. The van der Waals surface area contributed by atoms with Gasteiger partial charge in [-0.1, -0.05) is 18.6 Å². The third-order valence-corrected chi connectivity index (χ3v) is 4.45. The highest BCUT2D eigenvalue weighted by atomic mass is 127. The van der Waals surface area contributed by atoms with Crippen LogP contribution in [0.5, 0.6) is 0 Å². The predicted molar refractivity (Wildman–Crippen MR) is 103 cm³/mol. The quantitative estimate of drug-likeness (QED) is 0.393. The lowest BCUT2D eigenvalue weighted by atomic mass is 9.67. The highest BCUT2D eigenvalue weighted by molar-refractivity contribution is 14.0. The molecule has 1 aliphatic rings. The summed E-state index contributed by atoms with van der Waals surface area (Å²) < 4.78 is 18.4. The summed E-state index contributed by atoms with van der Waals surface area (Å²) in [5.41, 5.74) is 1.24. The summed E-state index contributed by atoms with van der Waals surface area (Å²) in [7, 11) is 3.50. The first-order chi connectivity index (χ1) is 10.7. The van der Waals surface area contributed by atoms with E-state index in [0.29, 0.717) is 12.0 Å². The lowest BCUT2D eigenvalue weighted by molar-refractivity contribution is 0.0732. The Hall–Kier alpha value is -0.890. The van der Waals surface area contributed by atoms with E-state index in [2.05, 4.69) is 15.6 Å². The molecule has 0 radical (unpaired) electrons. The van der Waals surface area contributed by atoms with Crippen LogP contribution in [0, 0.1) is 11.2 Å². The van der Waals surface area contributed by atoms with E-state index >= 15 is 0 Å². The minimum atomic E-state index is -0.213. The number of halogens is 2. The molecule has 6 heteroatoms. The van der Waals surface area contributed by atoms with Crippen molar-refractivity contribution < 1.29 is 9.13 Å². The molecule has 0 bridgehead atoms. The fourth-order valence-electron chi connectivity index (χ4n) is 2.84. The van der Waals surface area contributed by atoms with Crippen molar-refractivity contribution in [3.05, 3.63) is 35.6 Å². The Morgan fingerprint density at radius 3 is 2.70 bits per heavy atom. The van der Waals surface area contributed by atoms with Crippen molar-refractivity contribution >= 4 is 29.9 Å². The summed E-state index contributed by atoms with van der Waals surface area (Å²) >= 11 is 0. The second kappa shape index (κ2) is 10.1. The van der Waals surface area contributed by atoms with Gasteiger partial charge in [-0.2, -0.15) is 0 Å². The minimum absolute atomic E-state index is 0. The standard InChI is InChI=1S/C17H26FN3O.HI/c1-19-16(20-12-14-5-3-6-15(18)11-14)21-13-17(7-4-8-17)9-10-22-2;/h3,5-6,11H,4,7-10,12-13H2,1-2H3,(H2,19,20,21);1H. The number of hydrogen-bond acceptors (Lipinski definition) is 2. The molecule has 0 heterocycles. The van der Waals surface area contributed by atoms with Crippen LogP contribution < -0.4 is 10.6 Å². The summed E-state index contributed by atoms with van der Waals surface area (Å²) in [6.45, 7) is 2.26. The van der Waals surface area contributed by atoms with E-state index in [1.54, 1.807) is 20.2 Å². The molecule has 0 atom stereocenters. The second-order valence-corrected chi connectivity index (χ2v) is 6.01. The van der Waals surface area contributed by atoms with Crippen LogP contribution in [0.4, 0.5) is 4.39 Å². The fraction of sp³-hybridized carbons (Fsp3) is 0.588. The Kier molecular flexibility index (Phi) is 8.83. The largest absolute Gasteiger partial charge is 0.385 e. The zero-order valence-corrected chi connectivity index (χ0v) is 16.2. The van der Waals surface area contributed by atoms with Crippen molar-refractivity contribution in [3.8, 4) is 0 Å². The van der Waals surface area contributed by atoms with Gasteiger partial charge in [0.05, 0.1) is 0 Å². The second-order valence-electron chi connectivity index (χ2n) is 6.01. The van der Waals surface area contributed by atoms with Crippen LogP contribution in [0.1, 0.15) is 31.2 Å². The number of methoxy groups -OCH3 is 1. The van der Waals surface area contributed by atoms with E-state index < -0.39 is 0 Å². The number of nitrogens with zero attached hydrogens (tertiary/aromatic N) is 1. The van der Waals surface area contributed by atoms with Gasteiger partial charge in [-0.15, -0.1) is 24.0 Å². The van der Waals surface area contributed by atoms with Gasteiger partial charge in [0.2, 0.25) is 0 Å². The summed E-state index contributed by atoms with van der Waals surface area (Å²) in [5, 5.41) is 6.63. The van der Waals surface area contributed by atoms with Crippen LogP contribution in [0.25, 0.3) is 0 Å². The van der Waals surface area contributed by atoms with Crippen molar-refractivity contribution in [2.45, 2.75) is 32.2 Å². The van der Waals surface area contributed by atoms with Gasteiger partial charge in [0.15, 0.2) is 5.96 Å². The molecule has 23 heavy (non-hydrogen) atoms. The number of rotatable bonds is 7. The molecule has 0 saturated heterocycles. The van der Waals surface area contributed by atoms with Crippen molar-refractivity contribution in [1.29, 1.82) is 0 Å². The van der Waals surface area contributed by atoms with Gasteiger partial charge in [0, 0.05) is 33.9 Å². The molecule has 2 rings (SSSR count). The normalized spacial score (nSPS) is 16.2. The topological polar surface area (TPSA) is 45.7 Å². The van der Waals surface area contributed by atoms with E-state index in [-0.39, 0.29) is 29.8 Å². The summed E-state index contributed by atoms with van der Waals surface area (Å²) in [4.78, 5) is 4.24. The Balaban J connectivity index is 0.00000264. The highest BCUT2D eigenvalue weighted by Crippen LogP contribution is 2.43. The van der Waals surface area contributed by atoms with Gasteiger partial charge < -0.3 is 15.4 Å². The monoisotopic (exact) mass is 435 g/mol. The fourth-order valence-corrected chi connectivity index (χ4v) is 2.84. The van der Waals surface area contributed by atoms with Gasteiger partial charge in [0.1, 0.15) is 5.82 Å². The van der Waals surface area contributed by atoms with E-state index in [4.69, 9.17) is 4.74 Å². The molecule has 1 aromatic carbocycles. The number of ether oxygens (including phenoxy) is 1. The Morgan fingerprint density at radius 2 is 2.13 bits per heavy atom. The molecular formula is C17H27FIN3O. The van der Waals surface area contributed by atoms with Gasteiger partial charge in [-0.05, 0) is 42.4 Å². The predicted octanol–water partition coefficient (Wildman–Crippen LogP) is 3.32. The lowest BCUT2D eigenvalue weighted by Crippen LogP contribution is -2.46. The molecule has 0 aliphatic heterocycles. The summed E-state index contributed by atoms with van der Waals surface area (Å²) in [5.74, 6) is 0.545. The maximum absolute atomic E-state index is 13.2. The van der Waals surface area contributed by atoms with Crippen LogP contribution in [-0.2, 0) is 11.3 Å². The Labute approximate surface area is 155 Å². The minimum Gasteiger partial charge on any atom is -0.385 e. The first-order valence-electron chi connectivity index (χ1n) is 7.85. The molecule has 1 aliphatic carbocycles. The molecule has 130 valence electrons. The molecule has 1 fully saturated rings. The third kappa shape index (κ3) is 6.25. The number of hydrogen-bond donors (Lipinski definition) is 2. The highest BCUT2D eigenvalue weighted by Gasteiger charge is 2.36. The van der Waals surface area contributed by atoms with E-state index in [0.717, 1.165) is 31.1 Å². The number of nitrogens with one attached hydrogen (secondary N) is 2. The van der Waals surface area contributed by atoms with Crippen molar-refractivity contribution in [2.75, 3.05) is 27.3 Å². The average Bonchev–Trinajstić information content (AvgIpc) is 2.48. The molecular weight excluding hydrogens is 408 g/mol. The zero-order chi connectivity index (χ0) is 15.8. The molecule has 4 nitrogen and oxygen atoms in total. The third-order valence-electron chi connectivity index (χ3n) is 4.45. The van der Waals surface area contributed by atoms with Crippen LogP contribution in [-0.4, -0.2) is 33.3 Å². The molecule has 0 amide bonds. The van der Waals surface area contributed by atoms with Crippen LogP contribution in [0.3, 0.4) is 0 Å². The van der Waals surface area contributed by atoms with Gasteiger partial charge >= 0.3 is 0 Å². The molecule has 2 N–H and O–H groups in total. The number of benzene rings is 1. The van der Waals surface area contributed by atoms with Crippen molar-refractivity contribution in [2.24, 2.45) is 10.4 Å². The van der Waals surface area contributed by atoms with Crippen LogP contribution >= 0.6 is 24.0 Å². The van der Waals surface area contributed by atoms with E-state index in [9.17, 15) is 4.39 Å². The maximum atomic E-state index is 13.2. The average molecular weight is 435 g/mol. The first-order valence-corrected chi connectivity index (χ1v) is 7.85. The van der Waals surface area contributed by atoms with Crippen molar-refractivity contribution in [3.63, 3.8) is 0 Å². The molecule has 0 unspecified atom stereocenters. The van der Waals surface area contributed by atoms with Gasteiger partial charge in [-0.25, -0.2) is 4.39 Å². The Bertz CT molecular complexity index is 506. The van der Waals surface area contributed by atoms with Crippen LogP contribution in [0.15, 0.2) is 29.3 Å². The van der Waals surface area contributed by atoms with Gasteiger partial charge in [-0.3, -0.25) is 4.99 Å². The van der Waals surface area contributed by atoms with Crippen LogP contribution in [0.2, 0.25) is 0 Å². The zero-order valence-electron chi connectivity index (χ0n) is 13.9. The molecule has 1 aromatic rings. The lowest BCUT2D eigenvalue weighted by Gasteiger charge is -2.42. The molecule has 0 spiro atoms. The number of guanidine groups is 1. The smallest absolute Gasteiger partial charge is 0.191 e. The SMILES string of the molecule is CN=C(NCc1cccc(F)c1)NCC1(CCOC)CCC1.I. The van der Waals surface area contributed by atoms with E-state index in [1.165, 1.54) is 31.4 Å². The van der Waals surface area contributed by atoms with Gasteiger partial charge in [0.25, 0.3) is 0 Å². The van der Waals surface area contributed by atoms with Crippen molar-refractivity contribution in [1.82, 2.24) is 10.6 Å². The van der Waals surface area contributed by atoms with E-state index in [1.807, 2.05) is 6.07 Å². The first kappa shape index (κ1) is 20.2. The number of aliphatic imine (C=N–C) groups is 1. The molecule has 1 saturated carbocycles. The maximum Gasteiger partial charge on any atom is 0.191 e. The summed E-state index contributed by atoms with van der Waals surface area (Å²) in [6.07, 6.45) is 4.85. The Morgan fingerprint density at radius 1 is 1.35 bits per heavy atom.